The number of rotatable bonds is 3. The second kappa shape index (κ2) is 5.32. The second-order valence-electron chi connectivity index (χ2n) is 5.45. The zero-order chi connectivity index (χ0) is 15.8. The maximum atomic E-state index is 5.98. The number of nitrogens with zero attached hydrogens (tertiary/aromatic N) is 2. The Bertz CT molecular complexity index is 968. The van der Waals surface area contributed by atoms with Crippen molar-refractivity contribution in [3.05, 3.63) is 66.5 Å². The average Bonchev–Trinajstić information content (AvgIpc) is 3.24. The number of oxazole rings is 1. The van der Waals surface area contributed by atoms with Gasteiger partial charge in [-0.2, -0.15) is 0 Å². The summed E-state index contributed by atoms with van der Waals surface area (Å²) < 4.78 is 13.3. The Morgan fingerprint density at radius 2 is 1.87 bits per heavy atom. The van der Waals surface area contributed by atoms with Crippen LogP contribution in [-0.2, 0) is 0 Å². The Labute approximate surface area is 134 Å². The smallest absolute Gasteiger partial charge is 0.227 e. The third-order valence-corrected chi connectivity index (χ3v) is 3.88. The Balaban J connectivity index is 1.85. The fraction of sp³-hybridized carbons (Fsp3) is 0.105. The normalized spacial score (nSPS) is 11.0. The molecule has 0 aliphatic rings. The third-order valence-electron chi connectivity index (χ3n) is 3.88. The topological polar surface area (TPSA) is 40.2 Å². The summed E-state index contributed by atoms with van der Waals surface area (Å²) >= 11 is 0. The van der Waals surface area contributed by atoms with Gasteiger partial charge in [-0.15, -0.1) is 0 Å². The molecule has 0 saturated heterocycles. The molecule has 0 aliphatic carbocycles. The molecule has 0 atom stereocenters. The van der Waals surface area contributed by atoms with Crippen LogP contribution in [0.25, 0.3) is 28.2 Å². The van der Waals surface area contributed by atoms with Crippen LogP contribution in [0.1, 0.15) is 5.56 Å². The highest BCUT2D eigenvalue weighted by Crippen LogP contribution is 2.30. The van der Waals surface area contributed by atoms with Gasteiger partial charge in [0.15, 0.2) is 5.58 Å². The fourth-order valence-electron chi connectivity index (χ4n) is 2.72. The van der Waals surface area contributed by atoms with Crippen molar-refractivity contribution in [2.45, 2.75) is 6.92 Å². The molecule has 0 spiro atoms. The van der Waals surface area contributed by atoms with E-state index >= 15 is 0 Å². The van der Waals surface area contributed by atoms with Crippen molar-refractivity contribution in [3.8, 4) is 22.9 Å². The first-order valence-corrected chi connectivity index (χ1v) is 7.43. The van der Waals surface area contributed by atoms with Crippen LogP contribution in [-0.4, -0.2) is 16.7 Å². The van der Waals surface area contributed by atoms with E-state index in [9.17, 15) is 0 Å². The SMILES string of the molecule is COc1cccc(-c2nc3cc(-n4cccc4)cc(C)c3o2)c1. The molecule has 4 heteroatoms. The molecule has 23 heavy (non-hydrogen) atoms. The average molecular weight is 304 g/mol. The highest BCUT2D eigenvalue weighted by Gasteiger charge is 2.12. The van der Waals surface area contributed by atoms with E-state index in [1.54, 1.807) is 7.11 Å². The van der Waals surface area contributed by atoms with Gasteiger partial charge in [-0.05, 0) is 55.0 Å². The van der Waals surface area contributed by atoms with Gasteiger partial charge >= 0.3 is 0 Å². The first-order valence-electron chi connectivity index (χ1n) is 7.43. The van der Waals surface area contributed by atoms with E-state index in [4.69, 9.17) is 9.15 Å². The quantitative estimate of drug-likeness (QED) is 0.555. The number of ether oxygens (including phenoxy) is 1. The van der Waals surface area contributed by atoms with E-state index in [0.717, 1.165) is 33.7 Å². The van der Waals surface area contributed by atoms with Gasteiger partial charge in [0.2, 0.25) is 5.89 Å². The van der Waals surface area contributed by atoms with Gasteiger partial charge in [0.1, 0.15) is 11.3 Å². The van der Waals surface area contributed by atoms with Crippen LogP contribution in [0.2, 0.25) is 0 Å². The number of aromatic nitrogens is 2. The molecular formula is C19H16N2O2. The molecule has 114 valence electrons. The summed E-state index contributed by atoms with van der Waals surface area (Å²) in [5, 5.41) is 0. The standard InChI is InChI=1S/C19H16N2O2/c1-13-10-15(21-8-3-4-9-21)12-17-18(13)23-19(20-17)14-6-5-7-16(11-14)22-2/h3-12H,1-2H3. The van der Waals surface area contributed by atoms with Gasteiger partial charge < -0.3 is 13.7 Å². The molecule has 4 nitrogen and oxygen atoms in total. The van der Waals surface area contributed by atoms with Gasteiger partial charge in [-0.3, -0.25) is 0 Å². The molecule has 0 amide bonds. The number of benzene rings is 2. The van der Waals surface area contributed by atoms with Crippen molar-refractivity contribution in [2.24, 2.45) is 0 Å². The Hall–Kier alpha value is -3.01. The molecule has 0 fully saturated rings. The summed E-state index contributed by atoms with van der Waals surface area (Å²) in [7, 11) is 1.65. The predicted octanol–water partition coefficient (Wildman–Crippen LogP) is 4.60. The molecular weight excluding hydrogens is 288 g/mol. The lowest BCUT2D eigenvalue weighted by Gasteiger charge is -2.03. The van der Waals surface area contributed by atoms with Crippen LogP contribution < -0.4 is 4.74 Å². The third kappa shape index (κ3) is 2.38. The lowest BCUT2D eigenvalue weighted by molar-refractivity contribution is 0.415. The van der Waals surface area contributed by atoms with E-state index in [2.05, 4.69) is 15.6 Å². The highest BCUT2D eigenvalue weighted by molar-refractivity contribution is 5.81. The monoisotopic (exact) mass is 304 g/mol. The van der Waals surface area contributed by atoms with Gasteiger partial charge in [-0.1, -0.05) is 6.07 Å². The minimum Gasteiger partial charge on any atom is -0.497 e. The highest BCUT2D eigenvalue weighted by atomic mass is 16.5. The minimum atomic E-state index is 0.603. The van der Waals surface area contributed by atoms with Crippen molar-refractivity contribution in [3.63, 3.8) is 0 Å². The largest absolute Gasteiger partial charge is 0.497 e. The summed E-state index contributed by atoms with van der Waals surface area (Å²) in [4.78, 5) is 4.65. The Morgan fingerprint density at radius 1 is 1.04 bits per heavy atom. The Morgan fingerprint density at radius 3 is 2.65 bits per heavy atom. The maximum Gasteiger partial charge on any atom is 0.227 e. The molecule has 4 aromatic rings. The molecule has 2 heterocycles. The van der Waals surface area contributed by atoms with Gasteiger partial charge in [0, 0.05) is 23.6 Å². The van der Waals surface area contributed by atoms with E-state index in [-0.39, 0.29) is 0 Å². The van der Waals surface area contributed by atoms with Crippen molar-refractivity contribution >= 4 is 11.1 Å². The minimum absolute atomic E-state index is 0.603. The molecule has 2 aromatic heterocycles. The maximum absolute atomic E-state index is 5.98. The van der Waals surface area contributed by atoms with E-state index in [0.29, 0.717) is 5.89 Å². The zero-order valence-corrected chi connectivity index (χ0v) is 13.0. The zero-order valence-electron chi connectivity index (χ0n) is 13.0. The van der Waals surface area contributed by atoms with E-state index < -0.39 is 0 Å². The van der Waals surface area contributed by atoms with Crippen LogP contribution in [0, 0.1) is 6.92 Å². The molecule has 0 aliphatic heterocycles. The Kier molecular flexibility index (Phi) is 3.15. The van der Waals surface area contributed by atoms with E-state index in [1.165, 1.54) is 0 Å². The van der Waals surface area contributed by atoms with Crippen LogP contribution in [0.15, 0.2) is 65.3 Å². The summed E-state index contributed by atoms with van der Waals surface area (Å²) in [5.41, 5.74) is 4.71. The van der Waals surface area contributed by atoms with Gasteiger partial charge in [-0.25, -0.2) is 4.98 Å². The lowest BCUT2D eigenvalue weighted by Crippen LogP contribution is -1.90. The molecule has 0 radical (unpaired) electrons. The summed E-state index contributed by atoms with van der Waals surface area (Å²) in [6.07, 6.45) is 4.04. The molecule has 2 aromatic carbocycles. The number of fused-ring (bicyclic) bond motifs is 1. The van der Waals surface area contributed by atoms with Crippen molar-refractivity contribution < 1.29 is 9.15 Å². The number of hydrogen-bond donors (Lipinski definition) is 0. The first kappa shape index (κ1) is 13.6. The van der Waals surface area contributed by atoms with Crippen LogP contribution in [0.5, 0.6) is 5.75 Å². The van der Waals surface area contributed by atoms with Gasteiger partial charge in [0.05, 0.1) is 7.11 Å². The lowest BCUT2D eigenvalue weighted by atomic mass is 10.2. The number of methoxy groups -OCH3 is 1. The van der Waals surface area contributed by atoms with Crippen LogP contribution >= 0.6 is 0 Å². The van der Waals surface area contributed by atoms with E-state index in [1.807, 2.05) is 61.8 Å². The molecule has 0 saturated carbocycles. The summed E-state index contributed by atoms with van der Waals surface area (Å²) in [6, 6.07) is 15.9. The van der Waals surface area contributed by atoms with Crippen LogP contribution in [0.3, 0.4) is 0 Å². The fourth-order valence-corrected chi connectivity index (χ4v) is 2.72. The predicted molar refractivity (Wildman–Crippen MR) is 90.1 cm³/mol. The molecule has 0 unspecified atom stereocenters. The molecule has 0 N–H and O–H groups in total. The number of aryl methyl sites for hydroxylation is 1. The van der Waals surface area contributed by atoms with Crippen molar-refractivity contribution in [1.82, 2.24) is 9.55 Å². The van der Waals surface area contributed by atoms with Crippen LogP contribution in [0.4, 0.5) is 0 Å². The number of hydrogen-bond acceptors (Lipinski definition) is 3. The first-order chi connectivity index (χ1) is 11.2. The van der Waals surface area contributed by atoms with Crippen molar-refractivity contribution in [2.75, 3.05) is 7.11 Å². The van der Waals surface area contributed by atoms with Gasteiger partial charge in [0.25, 0.3) is 0 Å². The molecule has 4 rings (SSSR count). The molecule has 0 bridgehead atoms. The second-order valence-corrected chi connectivity index (χ2v) is 5.45. The summed E-state index contributed by atoms with van der Waals surface area (Å²) in [6.45, 7) is 2.04. The summed E-state index contributed by atoms with van der Waals surface area (Å²) in [5.74, 6) is 1.39. The van der Waals surface area contributed by atoms with Crippen molar-refractivity contribution in [1.29, 1.82) is 0 Å².